The van der Waals surface area contributed by atoms with Gasteiger partial charge in [-0.3, -0.25) is 14.5 Å². The largest absolute Gasteiger partial charge is 0.507 e. The van der Waals surface area contributed by atoms with Gasteiger partial charge in [-0.1, -0.05) is 48.8 Å². The lowest BCUT2D eigenvalue weighted by Crippen LogP contribution is -2.29. The summed E-state index contributed by atoms with van der Waals surface area (Å²) >= 11 is 0.884. The van der Waals surface area contributed by atoms with E-state index in [4.69, 9.17) is 9.47 Å². The van der Waals surface area contributed by atoms with Gasteiger partial charge in [0.1, 0.15) is 35.4 Å². The SMILES string of the molecule is C=CCOC(=O)c1sc(N2C(=O)C(=O)C(=C(O)c3ccc(F)cc3)C2c2cccc(OCC=C)c2)nc1C. The number of aromatic nitrogens is 1. The summed E-state index contributed by atoms with van der Waals surface area (Å²) in [6, 6.07) is 10.4. The van der Waals surface area contributed by atoms with Crippen LogP contribution in [0.3, 0.4) is 0 Å². The van der Waals surface area contributed by atoms with Crippen LogP contribution in [0.4, 0.5) is 9.52 Å². The Hall–Kier alpha value is -4.57. The van der Waals surface area contributed by atoms with Crippen molar-refractivity contribution in [3.63, 3.8) is 0 Å². The molecule has 1 saturated heterocycles. The number of amides is 1. The van der Waals surface area contributed by atoms with Crippen molar-refractivity contribution in [1.82, 2.24) is 4.98 Å². The van der Waals surface area contributed by atoms with Crippen molar-refractivity contribution in [2.45, 2.75) is 13.0 Å². The molecule has 0 bridgehead atoms. The molecule has 2 heterocycles. The maximum absolute atomic E-state index is 13.5. The fourth-order valence-corrected chi connectivity index (χ4v) is 4.90. The second-order valence-corrected chi connectivity index (χ2v) is 9.12. The molecule has 0 aliphatic carbocycles. The number of nitrogens with zero attached hydrogens (tertiary/aromatic N) is 2. The first-order chi connectivity index (χ1) is 18.3. The van der Waals surface area contributed by atoms with Crippen molar-refractivity contribution in [2.24, 2.45) is 0 Å². The molecular weight excluding hydrogens is 511 g/mol. The smallest absolute Gasteiger partial charge is 0.350 e. The number of ether oxygens (including phenoxy) is 2. The first-order valence-corrected chi connectivity index (χ1v) is 12.2. The summed E-state index contributed by atoms with van der Waals surface area (Å²) in [6.45, 7) is 8.94. The Morgan fingerprint density at radius 2 is 1.87 bits per heavy atom. The van der Waals surface area contributed by atoms with Gasteiger partial charge >= 0.3 is 11.9 Å². The molecule has 3 aromatic rings. The van der Waals surface area contributed by atoms with E-state index in [2.05, 4.69) is 18.1 Å². The topological polar surface area (TPSA) is 106 Å². The number of carbonyl (C=O) groups excluding carboxylic acids is 3. The van der Waals surface area contributed by atoms with Crippen molar-refractivity contribution in [2.75, 3.05) is 18.1 Å². The van der Waals surface area contributed by atoms with Crippen molar-refractivity contribution in [1.29, 1.82) is 0 Å². The molecule has 1 aliphatic rings. The van der Waals surface area contributed by atoms with Gasteiger partial charge in [-0.2, -0.15) is 0 Å². The average Bonchev–Trinajstić information content (AvgIpc) is 3.42. The van der Waals surface area contributed by atoms with Gasteiger partial charge in [0.2, 0.25) is 0 Å². The lowest BCUT2D eigenvalue weighted by atomic mass is 9.95. The number of aliphatic hydroxyl groups is 1. The Labute approximate surface area is 222 Å². The number of esters is 1. The molecule has 1 unspecified atom stereocenters. The maximum Gasteiger partial charge on any atom is 0.350 e. The number of carbonyl (C=O) groups is 3. The predicted molar refractivity (Wildman–Crippen MR) is 141 cm³/mol. The van der Waals surface area contributed by atoms with Crippen LogP contribution in [0.15, 0.2) is 79.4 Å². The molecule has 0 spiro atoms. The number of ketones is 1. The van der Waals surface area contributed by atoms with Gasteiger partial charge in [0.15, 0.2) is 5.13 Å². The first kappa shape index (κ1) is 26.5. The van der Waals surface area contributed by atoms with Gasteiger partial charge in [-0.25, -0.2) is 14.2 Å². The minimum atomic E-state index is -1.12. The number of halogens is 1. The van der Waals surface area contributed by atoms with E-state index >= 15 is 0 Å². The highest BCUT2D eigenvalue weighted by molar-refractivity contribution is 7.17. The Bertz CT molecular complexity index is 1460. The van der Waals surface area contributed by atoms with Gasteiger partial charge in [-0.15, -0.1) is 0 Å². The fraction of sp³-hybridized carbons (Fsp3) is 0.143. The first-order valence-electron chi connectivity index (χ1n) is 11.4. The van der Waals surface area contributed by atoms with Gasteiger partial charge in [0.25, 0.3) is 5.78 Å². The maximum atomic E-state index is 13.5. The third-order valence-electron chi connectivity index (χ3n) is 5.61. The molecule has 1 aromatic heterocycles. The molecular formula is C28H23FN2O6S. The van der Waals surface area contributed by atoms with Crippen LogP contribution in [0.1, 0.15) is 32.5 Å². The van der Waals surface area contributed by atoms with E-state index in [1.807, 2.05) is 0 Å². The van der Waals surface area contributed by atoms with E-state index in [1.165, 1.54) is 18.2 Å². The highest BCUT2D eigenvalue weighted by Gasteiger charge is 2.48. The second kappa shape index (κ2) is 11.2. The second-order valence-electron chi connectivity index (χ2n) is 8.15. The van der Waals surface area contributed by atoms with Crippen LogP contribution in [0.2, 0.25) is 0 Å². The summed E-state index contributed by atoms with van der Waals surface area (Å²) in [6.07, 6.45) is 2.99. The predicted octanol–water partition coefficient (Wildman–Crippen LogP) is 5.12. The lowest BCUT2D eigenvalue weighted by molar-refractivity contribution is -0.132. The highest BCUT2D eigenvalue weighted by atomic mass is 32.1. The van der Waals surface area contributed by atoms with Gasteiger partial charge in [0, 0.05) is 5.56 Å². The standard InChI is InChI=1S/C28H23FN2O6S/c1-4-13-36-20-8-6-7-18(15-20)22-21(23(32)17-9-11-19(29)12-10-17)24(33)26(34)31(22)28-30-16(3)25(38-28)27(35)37-14-5-2/h4-12,15,22,32H,1-2,13-14H2,3H3. The van der Waals surface area contributed by atoms with Crippen LogP contribution in [0, 0.1) is 12.7 Å². The number of anilines is 1. The van der Waals surface area contributed by atoms with Crippen LogP contribution in [0.25, 0.3) is 5.76 Å². The summed E-state index contributed by atoms with van der Waals surface area (Å²) < 4.78 is 24.3. The third kappa shape index (κ3) is 5.12. The zero-order chi connectivity index (χ0) is 27.4. The number of Topliss-reactive ketones (excluding diaryl/α,β-unsaturated/α-hetero) is 1. The zero-order valence-electron chi connectivity index (χ0n) is 20.3. The molecule has 1 aliphatic heterocycles. The third-order valence-corrected chi connectivity index (χ3v) is 6.75. The highest BCUT2D eigenvalue weighted by Crippen LogP contribution is 2.44. The molecule has 1 atom stereocenters. The number of aryl methyl sites for hydroxylation is 1. The van der Waals surface area contributed by atoms with E-state index in [9.17, 15) is 23.9 Å². The number of hydrogen-bond acceptors (Lipinski definition) is 8. The molecule has 4 rings (SSSR count). The lowest BCUT2D eigenvalue weighted by Gasteiger charge is -2.23. The fourth-order valence-electron chi connectivity index (χ4n) is 3.91. The monoisotopic (exact) mass is 534 g/mol. The minimum absolute atomic E-state index is 0.00874. The van der Waals surface area contributed by atoms with Crippen LogP contribution < -0.4 is 9.64 Å². The molecule has 1 fully saturated rings. The number of aliphatic hydroxyl groups excluding tert-OH is 1. The van der Waals surface area contributed by atoms with Crippen LogP contribution >= 0.6 is 11.3 Å². The van der Waals surface area contributed by atoms with E-state index in [-0.39, 0.29) is 34.4 Å². The van der Waals surface area contributed by atoms with E-state index in [1.54, 1.807) is 37.3 Å². The summed E-state index contributed by atoms with van der Waals surface area (Å²) in [5, 5.41) is 11.2. The number of hydrogen-bond donors (Lipinski definition) is 1. The Morgan fingerprint density at radius 3 is 2.55 bits per heavy atom. The number of thiazole rings is 1. The normalized spacial score (nSPS) is 16.4. The molecule has 1 amide bonds. The Morgan fingerprint density at radius 1 is 1.16 bits per heavy atom. The van der Waals surface area contributed by atoms with E-state index in [0.29, 0.717) is 17.0 Å². The minimum Gasteiger partial charge on any atom is -0.507 e. The van der Waals surface area contributed by atoms with Gasteiger partial charge in [-0.05, 0) is 48.9 Å². The molecule has 0 saturated carbocycles. The molecule has 194 valence electrons. The van der Waals surface area contributed by atoms with E-state index < -0.39 is 35.3 Å². The van der Waals surface area contributed by atoms with Crippen LogP contribution in [0.5, 0.6) is 5.75 Å². The zero-order valence-corrected chi connectivity index (χ0v) is 21.2. The van der Waals surface area contributed by atoms with E-state index in [0.717, 1.165) is 28.4 Å². The molecule has 2 aromatic carbocycles. The molecule has 8 nitrogen and oxygen atoms in total. The summed E-state index contributed by atoms with van der Waals surface area (Å²) in [5.41, 5.74) is 0.683. The van der Waals surface area contributed by atoms with Crippen molar-refractivity contribution in [3.05, 3.63) is 107 Å². The summed E-state index contributed by atoms with van der Waals surface area (Å²) in [5.74, 6) is -3.12. The molecule has 38 heavy (non-hydrogen) atoms. The average molecular weight is 535 g/mol. The van der Waals surface area contributed by atoms with Gasteiger partial charge < -0.3 is 14.6 Å². The number of benzene rings is 2. The molecule has 0 radical (unpaired) electrons. The van der Waals surface area contributed by atoms with Crippen molar-refractivity contribution >= 4 is 39.9 Å². The summed E-state index contributed by atoms with van der Waals surface area (Å²) in [7, 11) is 0. The number of rotatable bonds is 9. The Balaban J connectivity index is 1.88. The van der Waals surface area contributed by atoms with Crippen LogP contribution in [-0.4, -0.2) is 41.0 Å². The van der Waals surface area contributed by atoms with Crippen molar-refractivity contribution < 1.29 is 33.4 Å². The molecule has 10 heteroatoms. The Kier molecular flexibility index (Phi) is 7.82. The van der Waals surface area contributed by atoms with Gasteiger partial charge in [0.05, 0.1) is 17.3 Å². The van der Waals surface area contributed by atoms with Crippen molar-refractivity contribution in [3.8, 4) is 5.75 Å². The van der Waals surface area contributed by atoms with Crippen LogP contribution in [-0.2, 0) is 14.3 Å². The molecule has 1 N–H and O–H groups in total. The summed E-state index contributed by atoms with van der Waals surface area (Å²) in [4.78, 5) is 44.9. The quantitative estimate of drug-likeness (QED) is 0.133.